The van der Waals surface area contributed by atoms with Crippen LogP contribution in [0.5, 0.6) is 5.75 Å². The Kier molecular flexibility index (Phi) is 5.47. The molecule has 26 heavy (non-hydrogen) atoms. The van der Waals surface area contributed by atoms with Gasteiger partial charge in [0.15, 0.2) is 5.76 Å². The first-order chi connectivity index (χ1) is 12.6. The normalized spacial score (nSPS) is 11.9. The largest absolute Gasteiger partial charge is 0.494 e. The Balaban J connectivity index is 1.62. The van der Waals surface area contributed by atoms with Crippen molar-refractivity contribution >= 4 is 23.4 Å². The topological polar surface area (TPSA) is 108 Å². The van der Waals surface area contributed by atoms with Crippen molar-refractivity contribution in [2.75, 3.05) is 17.8 Å². The minimum Gasteiger partial charge on any atom is -0.494 e. The molecule has 8 nitrogen and oxygen atoms in total. The summed E-state index contributed by atoms with van der Waals surface area (Å²) in [6.45, 7) is 4.29. The molecule has 2 heterocycles. The minimum absolute atomic E-state index is 0.165. The third-order valence-corrected chi connectivity index (χ3v) is 4.55. The number of nitrogens with one attached hydrogen (secondary N) is 1. The number of nitrogens with zero attached hydrogens (tertiary/aromatic N) is 3. The Morgan fingerprint density at radius 3 is 2.77 bits per heavy atom. The summed E-state index contributed by atoms with van der Waals surface area (Å²) in [5, 5.41) is 10.9. The van der Waals surface area contributed by atoms with Gasteiger partial charge >= 0.3 is 0 Å². The molecule has 0 fully saturated rings. The maximum Gasteiger partial charge on any atom is 0.237 e. The molecular weight excluding hydrogens is 354 g/mol. The van der Waals surface area contributed by atoms with E-state index >= 15 is 0 Å². The van der Waals surface area contributed by atoms with Crippen LogP contribution in [0.25, 0.3) is 11.6 Å². The number of anilines is 1. The number of amides is 1. The summed E-state index contributed by atoms with van der Waals surface area (Å²) >= 11 is 1.21. The van der Waals surface area contributed by atoms with Gasteiger partial charge in [0.1, 0.15) is 5.75 Å². The van der Waals surface area contributed by atoms with E-state index in [9.17, 15) is 4.79 Å². The van der Waals surface area contributed by atoms with Gasteiger partial charge in [0, 0.05) is 5.69 Å². The number of nitrogens with two attached hydrogens (primary N) is 1. The summed E-state index contributed by atoms with van der Waals surface area (Å²) in [6.07, 6.45) is 1.53. The molecule has 3 aromatic rings. The average molecular weight is 373 g/mol. The van der Waals surface area contributed by atoms with Gasteiger partial charge in [0.2, 0.25) is 16.9 Å². The Hall–Kier alpha value is -2.94. The van der Waals surface area contributed by atoms with Crippen LogP contribution in [0, 0.1) is 0 Å². The summed E-state index contributed by atoms with van der Waals surface area (Å²) in [5.41, 5.74) is 0.691. The smallest absolute Gasteiger partial charge is 0.237 e. The second-order valence-electron chi connectivity index (χ2n) is 5.36. The monoisotopic (exact) mass is 373 g/mol. The van der Waals surface area contributed by atoms with Crippen molar-refractivity contribution in [2.24, 2.45) is 0 Å². The van der Waals surface area contributed by atoms with E-state index in [0.29, 0.717) is 29.0 Å². The fourth-order valence-electron chi connectivity index (χ4n) is 2.19. The number of carbonyl (C=O) groups excluding carboxylic acids is 1. The van der Waals surface area contributed by atoms with Crippen molar-refractivity contribution in [3.8, 4) is 17.3 Å². The number of hydrogen-bond donors (Lipinski definition) is 2. The second-order valence-corrected chi connectivity index (χ2v) is 6.67. The summed E-state index contributed by atoms with van der Waals surface area (Å²) < 4.78 is 12.0. The van der Waals surface area contributed by atoms with Crippen molar-refractivity contribution in [3.63, 3.8) is 0 Å². The predicted octanol–water partition coefficient (Wildman–Crippen LogP) is 2.77. The molecule has 0 saturated heterocycles. The van der Waals surface area contributed by atoms with E-state index in [4.69, 9.17) is 15.0 Å². The summed E-state index contributed by atoms with van der Waals surface area (Å²) in [5.74, 6) is 7.51. The molecule has 1 amide bonds. The van der Waals surface area contributed by atoms with E-state index in [0.717, 1.165) is 5.75 Å². The Labute approximate surface area is 154 Å². The quantitative estimate of drug-likeness (QED) is 0.484. The Bertz CT molecular complexity index is 861. The highest BCUT2D eigenvalue weighted by atomic mass is 32.2. The van der Waals surface area contributed by atoms with Gasteiger partial charge in [-0.3, -0.25) is 4.79 Å². The van der Waals surface area contributed by atoms with Gasteiger partial charge in [-0.1, -0.05) is 11.8 Å². The van der Waals surface area contributed by atoms with E-state index in [1.807, 2.05) is 19.1 Å². The van der Waals surface area contributed by atoms with Crippen molar-refractivity contribution in [1.82, 2.24) is 14.9 Å². The van der Waals surface area contributed by atoms with Gasteiger partial charge in [-0.15, -0.1) is 10.2 Å². The van der Waals surface area contributed by atoms with Crippen LogP contribution in [0.1, 0.15) is 13.8 Å². The van der Waals surface area contributed by atoms with Gasteiger partial charge < -0.3 is 20.3 Å². The molecule has 1 aromatic carbocycles. The molecule has 0 saturated carbocycles. The van der Waals surface area contributed by atoms with E-state index in [2.05, 4.69) is 15.5 Å². The molecule has 1 atom stereocenters. The van der Waals surface area contributed by atoms with Crippen LogP contribution >= 0.6 is 11.8 Å². The average Bonchev–Trinajstić information content (AvgIpc) is 3.27. The molecule has 0 aliphatic heterocycles. The molecule has 0 aliphatic carbocycles. The number of furan rings is 1. The third kappa shape index (κ3) is 3.99. The lowest BCUT2D eigenvalue weighted by molar-refractivity contribution is -0.115. The molecule has 3 N–H and O–H groups in total. The van der Waals surface area contributed by atoms with Crippen LogP contribution in [0.4, 0.5) is 5.69 Å². The number of nitrogen functional groups attached to an aromatic ring is 1. The van der Waals surface area contributed by atoms with Gasteiger partial charge in [0.25, 0.3) is 0 Å². The summed E-state index contributed by atoms with van der Waals surface area (Å²) in [6, 6.07) is 10.7. The predicted molar refractivity (Wildman–Crippen MR) is 99.4 cm³/mol. The Morgan fingerprint density at radius 2 is 2.12 bits per heavy atom. The summed E-state index contributed by atoms with van der Waals surface area (Å²) in [4.78, 5) is 12.4. The van der Waals surface area contributed by atoms with Crippen LogP contribution in [0.2, 0.25) is 0 Å². The SMILES string of the molecule is CCOc1ccc(NC(=O)[C@H](C)Sc2nnc(-c3ccco3)n2N)cc1. The van der Waals surface area contributed by atoms with Gasteiger partial charge in [-0.25, -0.2) is 4.68 Å². The van der Waals surface area contributed by atoms with Crippen LogP contribution < -0.4 is 15.9 Å². The number of rotatable bonds is 7. The number of thioether (sulfide) groups is 1. The van der Waals surface area contributed by atoms with E-state index in [1.54, 1.807) is 31.2 Å². The standard InChI is InChI=1S/C17H19N5O3S/c1-3-24-13-8-6-12(7-9-13)19-16(23)11(2)26-17-21-20-15(22(17)18)14-5-4-10-25-14/h4-11H,3,18H2,1-2H3,(H,19,23)/t11-/m0/s1. The molecular formula is C17H19N5O3S. The zero-order valence-corrected chi connectivity index (χ0v) is 15.2. The van der Waals surface area contributed by atoms with Crippen molar-refractivity contribution in [1.29, 1.82) is 0 Å². The van der Waals surface area contributed by atoms with E-state index < -0.39 is 5.25 Å². The number of benzene rings is 1. The van der Waals surface area contributed by atoms with Gasteiger partial charge in [0.05, 0.1) is 18.1 Å². The van der Waals surface area contributed by atoms with Crippen LogP contribution in [-0.4, -0.2) is 32.6 Å². The molecule has 2 aromatic heterocycles. The summed E-state index contributed by atoms with van der Waals surface area (Å²) in [7, 11) is 0. The van der Waals surface area contributed by atoms with Crippen LogP contribution in [0.15, 0.2) is 52.2 Å². The molecule has 0 unspecified atom stereocenters. The van der Waals surface area contributed by atoms with E-state index in [-0.39, 0.29) is 5.91 Å². The first-order valence-electron chi connectivity index (χ1n) is 8.03. The maximum atomic E-state index is 12.4. The highest BCUT2D eigenvalue weighted by Gasteiger charge is 2.20. The van der Waals surface area contributed by atoms with Crippen molar-refractivity contribution in [3.05, 3.63) is 42.7 Å². The minimum atomic E-state index is -0.419. The van der Waals surface area contributed by atoms with Gasteiger partial charge in [-0.05, 0) is 50.2 Å². The molecule has 0 bridgehead atoms. The van der Waals surface area contributed by atoms with Gasteiger partial charge in [-0.2, -0.15) is 0 Å². The number of aromatic nitrogens is 3. The van der Waals surface area contributed by atoms with Crippen molar-refractivity contribution in [2.45, 2.75) is 24.3 Å². The fraction of sp³-hybridized carbons (Fsp3) is 0.235. The molecule has 0 radical (unpaired) electrons. The highest BCUT2D eigenvalue weighted by molar-refractivity contribution is 8.00. The first kappa shape index (κ1) is 17.9. The highest BCUT2D eigenvalue weighted by Crippen LogP contribution is 2.26. The van der Waals surface area contributed by atoms with Crippen molar-refractivity contribution < 1.29 is 13.9 Å². The lowest BCUT2D eigenvalue weighted by Crippen LogP contribution is -2.23. The first-order valence-corrected chi connectivity index (χ1v) is 8.91. The molecule has 9 heteroatoms. The molecule has 3 rings (SSSR count). The number of hydrogen-bond acceptors (Lipinski definition) is 7. The molecule has 136 valence electrons. The third-order valence-electron chi connectivity index (χ3n) is 3.49. The zero-order chi connectivity index (χ0) is 18.5. The Morgan fingerprint density at radius 1 is 1.35 bits per heavy atom. The number of ether oxygens (including phenoxy) is 1. The molecule has 0 aliphatic rings. The van der Waals surface area contributed by atoms with E-state index in [1.165, 1.54) is 22.7 Å². The lowest BCUT2D eigenvalue weighted by Gasteiger charge is -2.12. The van der Waals surface area contributed by atoms with Crippen LogP contribution in [-0.2, 0) is 4.79 Å². The maximum absolute atomic E-state index is 12.4. The zero-order valence-electron chi connectivity index (χ0n) is 14.4. The van der Waals surface area contributed by atoms with Crippen LogP contribution in [0.3, 0.4) is 0 Å². The molecule has 0 spiro atoms. The number of carbonyl (C=O) groups is 1. The fourth-order valence-corrected chi connectivity index (χ4v) is 2.96. The lowest BCUT2D eigenvalue weighted by atomic mass is 10.3. The second kappa shape index (κ2) is 7.96.